The van der Waals surface area contributed by atoms with Crippen molar-refractivity contribution in [1.29, 1.82) is 0 Å². The second-order valence-electron chi connectivity index (χ2n) is 2.68. The molecule has 0 saturated heterocycles. The summed E-state index contributed by atoms with van der Waals surface area (Å²) in [6.45, 7) is 1.84. The zero-order valence-electron chi connectivity index (χ0n) is 6.53. The second-order valence-corrected chi connectivity index (χ2v) is 3.69. The van der Waals surface area contributed by atoms with Crippen LogP contribution in [0.4, 0.5) is 6.01 Å². The lowest BCUT2D eigenvalue weighted by Crippen LogP contribution is -2.28. The second kappa shape index (κ2) is 3.31. The van der Waals surface area contributed by atoms with Gasteiger partial charge in [0.2, 0.25) is 0 Å². The van der Waals surface area contributed by atoms with Gasteiger partial charge in [0.05, 0.1) is 12.7 Å². The topological polar surface area (TPSA) is 29.3 Å². The molecule has 0 radical (unpaired) electrons. The number of halogens is 1. The highest BCUT2D eigenvalue weighted by atomic mass is 79.9. The van der Waals surface area contributed by atoms with Crippen molar-refractivity contribution in [3.8, 4) is 0 Å². The third-order valence-corrected chi connectivity index (χ3v) is 2.37. The van der Waals surface area contributed by atoms with E-state index in [0.717, 1.165) is 19.5 Å². The van der Waals surface area contributed by atoms with Crippen LogP contribution in [0.5, 0.6) is 0 Å². The molecule has 0 amide bonds. The van der Waals surface area contributed by atoms with Crippen LogP contribution in [0.15, 0.2) is 27.4 Å². The van der Waals surface area contributed by atoms with Crippen LogP contribution in [0.25, 0.3) is 0 Å². The van der Waals surface area contributed by atoms with Gasteiger partial charge in [0.1, 0.15) is 6.26 Å². The van der Waals surface area contributed by atoms with Gasteiger partial charge in [-0.1, -0.05) is 22.0 Å². The normalized spacial score (nSPS) is 17.8. The fraction of sp³-hybridized carbons (Fsp3) is 0.375. The fourth-order valence-electron chi connectivity index (χ4n) is 1.24. The predicted octanol–water partition coefficient (Wildman–Crippen LogP) is 2.16. The minimum atomic E-state index is 0.708. The Morgan fingerprint density at radius 1 is 1.58 bits per heavy atom. The average molecular weight is 229 g/mol. The Hall–Kier alpha value is -0.770. The Morgan fingerprint density at radius 3 is 3.17 bits per heavy atom. The smallest absolute Gasteiger partial charge is 0.297 e. The van der Waals surface area contributed by atoms with Gasteiger partial charge < -0.3 is 9.32 Å². The third kappa shape index (κ3) is 1.53. The molecule has 0 unspecified atom stereocenters. The van der Waals surface area contributed by atoms with Crippen molar-refractivity contribution in [2.24, 2.45) is 0 Å². The number of nitrogens with zero attached hydrogens (tertiary/aromatic N) is 2. The van der Waals surface area contributed by atoms with Gasteiger partial charge in [-0.2, -0.15) is 0 Å². The van der Waals surface area contributed by atoms with Crippen molar-refractivity contribution in [2.45, 2.75) is 6.42 Å². The molecular weight excluding hydrogens is 220 g/mol. The molecule has 0 spiro atoms. The summed E-state index contributed by atoms with van der Waals surface area (Å²) in [5.41, 5.74) is 0. The van der Waals surface area contributed by atoms with Gasteiger partial charge in [0.15, 0.2) is 0 Å². The molecule has 0 aliphatic carbocycles. The Labute approximate surface area is 79.2 Å². The highest BCUT2D eigenvalue weighted by Gasteiger charge is 2.14. The Bertz CT molecular complexity index is 281. The van der Waals surface area contributed by atoms with E-state index in [0.29, 0.717) is 6.01 Å². The number of hydrogen-bond donors (Lipinski definition) is 0. The Balaban J connectivity index is 2.12. The molecule has 1 aromatic rings. The number of aromatic nitrogens is 1. The van der Waals surface area contributed by atoms with Crippen molar-refractivity contribution in [1.82, 2.24) is 4.98 Å². The van der Waals surface area contributed by atoms with Gasteiger partial charge in [-0.15, -0.1) is 0 Å². The van der Waals surface area contributed by atoms with E-state index in [-0.39, 0.29) is 0 Å². The lowest BCUT2D eigenvalue weighted by Gasteiger charge is -2.23. The fourth-order valence-corrected chi connectivity index (χ4v) is 1.77. The van der Waals surface area contributed by atoms with Crippen LogP contribution in [0.2, 0.25) is 0 Å². The minimum absolute atomic E-state index is 0.708. The van der Waals surface area contributed by atoms with E-state index in [2.05, 4.69) is 31.9 Å². The van der Waals surface area contributed by atoms with E-state index >= 15 is 0 Å². The molecule has 0 fully saturated rings. The van der Waals surface area contributed by atoms with Gasteiger partial charge in [0.25, 0.3) is 6.01 Å². The van der Waals surface area contributed by atoms with Gasteiger partial charge in [-0.05, 0) is 6.42 Å². The van der Waals surface area contributed by atoms with Crippen LogP contribution < -0.4 is 4.90 Å². The minimum Gasteiger partial charge on any atom is -0.432 e. The molecule has 0 saturated carbocycles. The van der Waals surface area contributed by atoms with E-state index in [1.165, 1.54) is 4.48 Å². The lowest BCUT2D eigenvalue weighted by molar-refractivity contribution is 0.537. The van der Waals surface area contributed by atoms with E-state index in [4.69, 9.17) is 4.42 Å². The summed E-state index contributed by atoms with van der Waals surface area (Å²) in [5, 5.41) is 0. The lowest BCUT2D eigenvalue weighted by atomic mass is 10.3. The number of oxazole rings is 1. The molecule has 3 nitrogen and oxygen atoms in total. The van der Waals surface area contributed by atoms with Crippen molar-refractivity contribution in [3.63, 3.8) is 0 Å². The largest absolute Gasteiger partial charge is 0.432 e. The molecule has 0 N–H and O–H groups in total. The zero-order valence-corrected chi connectivity index (χ0v) is 8.12. The van der Waals surface area contributed by atoms with E-state index < -0.39 is 0 Å². The van der Waals surface area contributed by atoms with Crippen LogP contribution in [0, 0.1) is 0 Å². The van der Waals surface area contributed by atoms with Crippen LogP contribution in [-0.4, -0.2) is 18.1 Å². The third-order valence-electron chi connectivity index (χ3n) is 1.80. The molecule has 1 aliphatic rings. The van der Waals surface area contributed by atoms with Crippen LogP contribution in [-0.2, 0) is 0 Å². The van der Waals surface area contributed by atoms with E-state index in [9.17, 15) is 0 Å². The summed E-state index contributed by atoms with van der Waals surface area (Å²) in [5.74, 6) is 0. The summed E-state index contributed by atoms with van der Waals surface area (Å²) >= 11 is 3.46. The quantitative estimate of drug-likeness (QED) is 0.738. The number of anilines is 1. The van der Waals surface area contributed by atoms with Crippen molar-refractivity contribution < 1.29 is 4.42 Å². The molecule has 4 heteroatoms. The first-order chi connectivity index (χ1) is 5.86. The van der Waals surface area contributed by atoms with Crippen molar-refractivity contribution >= 4 is 21.9 Å². The summed E-state index contributed by atoms with van der Waals surface area (Å²) < 4.78 is 6.39. The monoisotopic (exact) mass is 228 g/mol. The molecule has 0 atom stereocenters. The van der Waals surface area contributed by atoms with E-state index in [1.54, 1.807) is 12.5 Å². The first-order valence-corrected chi connectivity index (χ1v) is 4.64. The highest BCUT2D eigenvalue weighted by molar-refractivity contribution is 9.11. The zero-order chi connectivity index (χ0) is 8.39. The van der Waals surface area contributed by atoms with Crippen LogP contribution >= 0.6 is 15.9 Å². The molecule has 2 heterocycles. The van der Waals surface area contributed by atoms with Crippen LogP contribution in [0.1, 0.15) is 6.42 Å². The molecule has 2 rings (SSSR count). The average Bonchev–Trinajstić information content (AvgIpc) is 2.56. The van der Waals surface area contributed by atoms with Crippen LogP contribution in [0.3, 0.4) is 0 Å². The maximum atomic E-state index is 5.19. The summed E-state index contributed by atoms with van der Waals surface area (Å²) in [7, 11) is 0. The van der Waals surface area contributed by atoms with Crippen molar-refractivity contribution in [3.05, 3.63) is 23.0 Å². The summed E-state index contributed by atoms with van der Waals surface area (Å²) in [4.78, 5) is 6.19. The molecule has 1 aromatic heterocycles. The molecule has 0 aromatic carbocycles. The molecular formula is C8H9BrN2O. The number of hydrogen-bond acceptors (Lipinski definition) is 3. The van der Waals surface area contributed by atoms with Gasteiger partial charge in [-0.25, -0.2) is 4.98 Å². The maximum Gasteiger partial charge on any atom is 0.297 e. The van der Waals surface area contributed by atoms with Gasteiger partial charge in [0, 0.05) is 11.0 Å². The van der Waals surface area contributed by atoms with Gasteiger partial charge in [-0.3, -0.25) is 0 Å². The highest BCUT2D eigenvalue weighted by Crippen LogP contribution is 2.20. The first-order valence-electron chi connectivity index (χ1n) is 3.85. The maximum absolute atomic E-state index is 5.19. The Morgan fingerprint density at radius 2 is 2.50 bits per heavy atom. The standard InChI is InChI=1S/C8H9BrN2O/c9-7-2-1-4-11(6-7)8-10-3-5-12-8/h2-3,5H,1,4,6H2. The first kappa shape index (κ1) is 7.86. The molecule has 12 heavy (non-hydrogen) atoms. The number of rotatable bonds is 1. The van der Waals surface area contributed by atoms with E-state index in [1.807, 2.05) is 0 Å². The predicted molar refractivity (Wildman–Crippen MR) is 50.3 cm³/mol. The summed E-state index contributed by atoms with van der Waals surface area (Å²) in [6, 6.07) is 0.708. The Kier molecular flexibility index (Phi) is 2.17. The molecule has 1 aliphatic heterocycles. The summed E-state index contributed by atoms with van der Waals surface area (Å²) in [6.07, 6.45) is 6.49. The van der Waals surface area contributed by atoms with Crippen molar-refractivity contribution in [2.75, 3.05) is 18.0 Å². The molecule has 0 bridgehead atoms. The van der Waals surface area contributed by atoms with Gasteiger partial charge >= 0.3 is 0 Å². The SMILES string of the molecule is BrC1=CCCN(c2ncco2)C1. The molecule has 64 valence electrons.